The summed E-state index contributed by atoms with van der Waals surface area (Å²) in [6.45, 7) is 2.90. The number of nitrogens with zero attached hydrogens (tertiary/aromatic N) is 1. The molecule has 1 aliphatic rings. The lowest BCUT2D eigenvalue weighted by Gasteiger charge is -2.20. The lowest BCUT2D eigenvalue weighted by atomic mass is 10.1. The van der Waals surface area contributed by atoms with Crippen LogP contribution in [0.1, 0.15) is 15.9 Å². The molecular formula is C15H19NO4S. The van der Waals surface area contributed by atoms with Crippen molar-refractivity contribution in [3.63, 3.8) is 0 Å². The number of hydrogen-bond donors (Lipinski definition) is 0. The van der Waals surface area contributed by atoms with Gasteiger partial charge in [0.1, 0.15) is 0 Å². The summed E-state index contributed by atoms with van der Waals surface area (Å²) in [4.78, 5) is 25.9. The number of ether oxygens (including phenoxy) is 2. The fourth-order valence-corrected chi connectivity index (χ4v) is 3.19. The van der Waals surface area contributed by atoms with E-state index in [2.05, 4.69) is 0 Å². The monoisotopic (exact) mass is 309 g/mol. The number of methoxy groups -OCH3 is 1. The van der Waals surface area contributed by atoms with Crippen LogP contribution in [0.4, 0.5) is 0 Å². The van der Waals surface area contributed by atoms with Gasteiger partial charge in [0.15, 0.2) is 17.8 Å². The van der Waals surface area contributed by atoms with Crippen molar-refractivity contribution < 1.29 is 19.1 Å². The molecule has 1 aromatic rings. The largest absolute Gasteiger partial charge is 0.455 e. The second-order valence-corrected chi connectivity index (χ2v) is 6.04. The molecule has 0 amide bonds. The molecule has 5 nitrogen and oxygen atoms in total. The summed E-state index contributed by atoms with van der Waals surface area (Å²) < 4.78 is 10.2. The Morgan fingerprint density at radius 1 is 1.33 bits per heavy atom. The minimum absolute atomic E-state index is 0.190. The Balaban J connectivity index is 1.86. The molecule has 2 rings (SSSR count). The number of esters is 1. The number of hydrogen-bond acceptors (Lipinski definition) is 6. The summed E-state index contributed by atoms with van der Waals surface area (Å²) in [7, 11) is 1.59. The van der Waals surface area contributed by atoms with E-state index in [1.165, 1.54) is 11.8 Å². The van der Waals surface area contributed by atoms with E-state index in [1.807, 2.05) is 24.0 Å². The normalized spacial score (nSPS) is 18.7. The number of Topliss-reactive ketones (excluding diaryl/α,β-unsaturated/α-hetero) is 1. The van der Waals surface area contributed by atoms with Gasteiger partial charge in [0.2, 0.25) is 0 Å². The van der Waals surface area contributed by atoms with Gasteiger partial charge in [0, 0.05) is 25.0 Å². The fourth-order valence-electron chi connectivity index (χ4n) is 2.05. The zero-order valence-corrected chi connectivity index (χ0v) is 13.0. The van der Waals surface area contributed by atoms with Crippen LogP contribution in [-0.2, 0) is 14.3 Å². The third-order valence-electron chi connectivity index (χ3n) is 3.20. The number of thioether (sulfide) groups is 1. The predicted molar refractivity (Wildman–Crippen MR) is 81.3 cm³/mol. The van der Waals surface area contributed by atoms with E-state index in [9.17, 15) is 9.59 Å². The Kier molecular flexibility index (Phi) is 5.78. The maximum Gasteiger partial charge on any atom is 0.334 e. The zero-order chi connectivity index (χ0) is 15.2. The number of rotatable bonds is 6. The molecule has 114 valence electrons. The first-order chi connectivity index (χ1) is 10.1. The highest BCUT2D eigenvalue weighted by atomic mass is 32.2. The first kappa shape index (κ1) is 16.0. The van der Waals surface area contributed by atoms with Crippen molar-refractivity contribution in [3.05, 3.63) is 35.4 Å². The molecular weight excluding hydrogens is 290 g/mol. The highest BCUT2D eigenvalue weighted by Crippen LogP contribution is 2.24. The van der Waals surface area contributed by atoms with E-state index in [4.69, 9.17) is 9.47 Å². The van der Waals surface area contributed by atoms with Crippen LogP contribution >= 0.6 is 11.8 Å². The van der Waals surface area contributed by atoms with Gasteiger partial charge in [-0.3, -0.25) is 9.69 Å². The van der Waals surface area contributed by atoms with Crippen molar-refractivity contribution in [1.29, 1.82) is 0 Å². The molecule has 0 unspecified atom stereocenters. The number of ketones is 1. The Bertz CT molecular complexity index is 503. The standard InChI is InChI=1S/C15H19NO4S/c1-11-3-5-12(6-4-11)13(17)9-20-15(18)14-16(10-19-2)7-8-21-14/h3-6,14H,7-10H2,1-2H3/t14-/m0/s1. The predicted octanol–water partition coefficient (Wildman–Crippen LogP) is 1.70. The smallest absolute Gasteiger partial charge is 0.334 e. The van der Waals surface area contributed by atoms with Crippen LogP contribution in [0.5, 0.6) is 0 Å². The number of aryl methyl sites for hydroxylation is 1. The van der Waals surface area contributed by atoms with Crippen molar-refractivity contribution in [3.8, 4) is 0 Å². The van der Waals surface area contributed by atoms with E-state index in [0.717, 1.165) is 17.9 Å². The molecule has 0 bridgehead atoms. The molecule has 1 aromatic carbocycles. The highest BCUT2D eigenvalue weighted by molar-refractivity contribution is 8.00. The van der Waals surface area contributed by atoms with E-state index in [0.29, 0.717) is 12.3 Å². The molecule has 0 N–H and O–H groups in total. The van der Waals surface area contributed by atoms with Gasteiger partial charge in [-0.15, -0.1) is 11.8 Å². The number of carbonyl (C=O) groups excluding carboxylic acids is 2. The average Bonchev–Trinajstić information content (AvgIpc) is 2.94. The molecule has 1 saturated heterocycles. The first-order valence-electron chi connectivity index (χ1n) is 6.73. The Morgan fingerprint density at radius 3 is 2.71 bits per heavy atom. The SMILES string of the molecule is COCN1CCS[C@H]1C(=O)OCC(=O)c1ccc(C)cc1. The molecule has 1 heterocycles. The molecule has 0 spiro atoms. The summed E-state index contributed by atoms with van der Waals surface area (Å²) in [5.74, 6) is 0.286. The van der Waals surface area contributed by atoms with Crippen LogP contribution in [0.25, 0.3) is 0 Å². The molecule has 0 saturated carbocycles. The van der Waals surface area contributed by atoms with E-state index < -0.39 is 0 Å². The average molecular weight is 309 g/mol. The van der Waals surface area contributed by atoms with Crippen LogP contribution in [-0.4, -0.2) is 54.8 Å². The van der Waals surface area contributed by atoms with Crippen molar-refractivity contribution in [2.75, 3.05) is 32.7 Å². The lowest BCUT2D eigenvalue weighted by molar-refractivity contribution is -0.146. The van der Waals surface area contributed by atoms with Crippen molar-refractivity contribution in [2.45, 2.75) is 12.3 Å². The highest BCUT2D eigenvalue weighted by Gasteiger charge is 2.32. The second kappa shape index (κ2) is 7.59. The van der Waals surface area contributed by atoms with Crippen LogP contribution in [0, 0.1) is 6.92 Å². The van der Waals surface area contributed by atoms with Crippen LogP contribution in [0.2, 0.25) is 0 Å². The Hall–Kier alpha value is -1.37. The third-order valence-corrected chi connectivity index (χ3v) is 4.43. The maximum absolute atomic E-state index is 12.0. The fraction of sp³-hybridized carbons (Fsp3) is 0.467. The molecule has 21 heavy (non-hydrogen) atoms. The third kappa shape index (κ3) is 4.30. The van der Waals surface area contributed by atoms with Gasteiger partial charge in [0.05, 0.1) is 6.73 Å². The van der Waals surface area contributed by atoms with Gasteiger partial charge in [-0.25, -0.2) is 4.79 Å². The van der Waals surface area contributed by atoms with Crippen LogP contribution in [0.15, 0.2) is 24.3 Å². The molecule has 1 atom stereocenters. The Morgan fingerprint density at radius 2 is 2.05 bits per heavy atom. The van der Waals surface area contributed by atoms with Gasteiger partial charge in [-0.2, -0.15) is 0 Å². The summed E-state index contributed by atoms with van der Waals surface area (Å²) in [5, 5.41) is -0.379. The van der Waals surface area contributed by atoms with Crippen LogP contribution < -0.4 is 0 Å². The minimum atomic E-state index is -0.380. The molecule has 0 aliphatic carbocycles. The summed E-state index contributed by atoms with van der Waals surface area (Å²) in [6.07, 6.45) is 0. The van der Waals surface area contributed by atoms with E-state index in [-0.39, 0.29) is 23.7 Å². The molecule has 1 aliphatic heterocycles. The van der Waals surface area contributed by atoms with Gasteiger partial charge in [-0.1, -0.05) is 29.8 Å². The molecule has 0 aromatic heterocycles. The molecule has 1 fully saturated rings. The first-order valence-corrected chi connectivity index (χ1v) is 7.78. The second-order valence-electron chi connectivity index (χ2n) is 4.85. The summed E-state index contributed by atoms with van der Waals surface area (Å²) >= 11 is 1.51. The van der Waals surface area contributed by atoms with E-state index in [1.54, 1.807) is 19.2 Å². The summed E-state index contributed by atoms with van der Waals surface area (Å²) in [6, 6.07) is 7.21. The number of carbonyl (C=O) groups is 2. The van der Waals surface area contributed by atoms with Crippen molar-refractivity contribution in [1.82, 2.24) is 4.90 Å². The van der Waals surface area contributed by atoms with E-state index >= 15 is 0 Å². The minimum Gasteiger partial charge on any atom is -0.455 e. The Labute approximate surface area is 128 Å². The quantitative estimate of drug-likeness (QED) is 0.589. The summed E-state index contributed by atoms with van der Waals surface area (Å²) in [5.41, 5.74) is 1.64. The van der Waals surface area contributed by atoms with Gasteiger partial charge in [0.25, 0.3) is 0 Å². The van der Waals surface area contributed by atoms with Crippen molar-refractivity contribution >= 4 is 23.5 Å². The van der Waals surface area contributed by atoms with Gasteiger partial charge >= 0.3 is 5.97 Å². The number of benzene rings is 1. The van der Waals surface area contributed by atoms with Gasteiger partial charge in [-0.05, 0) is 6.92 Å². The molecule has 6 heteroatoms. The van der Waals surface area contributed by atoms with Crippen LogP contribution in [0.3, 0.4) is 0 Å². The van der Waals surface area contributed by atoms with Gasteiger partial charge < -0.3 is 9.47 Å². The maximum atomic E-state index is 12.0. The molecule has 0 radical (unpaired) electrons. The zero-order valence-electron chi connectivity index (χ0n) is 12.2. The topological polar surface area (TPSA) is 55.8 Å². The lowest BCUT2D eigenvalue weighted by Crippen LogP contribution is -2.37. The van der Waals surface area contributed by atoms with Crippen molar-refractivity contribution in [2.24, 2.45) is 0 Å².